The monoisotopic (exact) mass is 824 g/mol. The molecule has 0 atom stereocenters. The summed E-state index contributed by atoms with van der Waals surface area (Å²) in [6.07, 6.45) is 5.94. The Morgan fingerprint density at radius 3 is 2.16 bits per heavy atom. The van der Waals surface area contributed by atoms with Gasteiger partial charge >= 0.3 is 0 Å². The first-order valence-corrected chi connectivity index (χ1v) is 22.0. The van der Waals surface area contributed by atoms with Gasteiger partial charge in [0.2, 0.25) is 5.95 Å². The summed E-state index contributed by atoms with van der Waals surface area (Å²) in [6.45, 7) is 6.28. The van der Waals surface area contributed by atoms with Gasteiger partial charge in [-0.1, -0.05) is 128 Å². The van der Waals surface area contributed by atoms with Crippen LogP contribution in [0.1, 0.15) is 11.3 Å². The number of hydrogen-bond acceptors (Lipinski definition) is 4. The Labute approximate surface area is 365 Å². The number of thiophene rings is 1. The molecule has 0 aliphatic rings. The van der Waals surface area contributed by atoms with Crippen molar-refractivity contribution in [3.8, 4) is 34.0 Å². The van der Waals surface area contributed by atoms with E-state index in [9.17, 15) is 0 Å². The van der Waals surface area contributed by atoms with Crippen molar-refractivity contribution in [3.05, 3.63) is 200 Å². The number of fused-ring (bicyclic) bond motifs is 12. The molecule has 296 valence electrons. The molecular weight excluding hydrogens is 789 g/mol. The van der Waals surface area contributed by atoms with Crippen molar-refractivity contribution in [2.24, 2.45) is 0 Å². The minimum Gasteiger partial charge on any atom is -0.454 e. The SMILES string of the molecule is C=C/C=C\c1c(C)c2c(-c3ccc4c5ccccc5n(-c5ccccc5)c4c3)cc3c4ccccc4oc3c2n1-c1nc(-c2ccc3sc4ccccc4c3c2)c2ccccc2n1. The average molecular weight is 825 g/mol. The highest BCUT2D eigenvalue weighted by Gasteiger charge is 2.26. The molecule has 0 unspecified atom stereocenters. The van der Waals surface area contributed by atoms with Crippen LogP contribution in [0, 0.1) is 6.92 Å². The summed E-state index contributed by atoms with van der Waals surface area (Å²) in [7, 11) is 0. The molecule has 0 amide bonds. The number of aryl methyl sites for hydroxylation is 1. The van der Waals surface area contributed by atoms with Crippen LogP contribution in [0.15, 0.2) is 193 Å². The van der Waals surface area contributed by atoms with Crippen molar-refractivity contribution in [1.82, 2.24) is 19.1 Å². The molecule has 0 saturated carbocycles. The molecule has 5 aromatic heterocycles. The van der Waals surface area contributed by atoms with Gasteiger partial charge in [-0.3, -0.25) is 4.57 Å². The lowest BCUT2D eigenvalue weighted by Crippen LogP contribution is -2.05. The predicted octanol–water partition coefficient (Wildman–Crippen LogP) is 15.8. The lowest BCUT2D eigenvalue weighted by Gasteiger charge is -2.13. The number of hydrogen-bond donors (Lipinski definition) is 0. The maximum Gasteiger partial charge on any atom is 0.235 e. The summed E-state index contributed by atoms with van der Waals surface area (Å²) in [5, 5.41) is 9.07. The lowest BCUT2D eigenvalue weighted by molar-refractivity contribution is 0.670. The van der Waals surface area contributed by atoms with E-state index < -0.39 is 0 Å². The van der Waals surface area contributed by atoms with Crippen molar-refractivity contribution in [2.45, 2.75) is 6.92 Å². The fourth-order valence-electron chi connectivity index (χ4n) is 9.90. The Morgan fingerprint density at radius 2 is 1.29 bits per heavy atom. The number of furan rings is 1. The number of allylic oxidation sites excluding steroid dienone is 2. The van der Waals surface area contributed by atoms with Gasteiger partial charge in [0.05, 0.1) is 27.9 Å². The molecule has 0 radical (unpaired) electrons. The summed E-state index contributed by atoms with van der Waals surface area (Å²) in [6, 6.07) is 60.6. The van der Waals surface area contributed by atoms with Crippen LogP contribution in [0.25, 0.3) is 126 Å². The van der Waals surface area contributed by atoms with Gasteiger partial charge in [0, 0.05) is 63.7 Å². The fourth-order valence-corrected chi connectivity index (χ4v) is 11.0. The summed E-state index contributed by atoms with van der Waals surface area (Å²) < 4.78 is 14.1. The predicted molar refractivity (Wildman–Crippen MR) is 266 cm³/mol. The zero-order chi connectivity index (χ0) is 41.8. The van der Waals surface area contributed by atoms with Crippen LogP contribution < -0.4 is 0 Å². The van der Waals surface area contributed by atoms with Gasteiger partial charge in [-0.05, 0) is 90.4 Å². The van der Waals surface area contributed by atoms with E-state index in [1.165, 1.54) is 36.5 Å². The Kier molecular flexibility index (Phi) is 7.77. The molecule has 0 saturated heterocycles. The van der Waals surface area contributed by atoms with Crippen molar-refractivity contribution in [3.63, 3.8) is 0 Å². The average Bonchev–Trinajstić information content (AvgIpc) is 4.07. The second kappa shape index (κ2) is 13.7. The highest BCUT2D eigenvalue weighted by atomic mass is 32.1. The number of rotatable bonds is 6. The standard InChI is InChI=1S/C57H36N4OS/c1-3-4-23-47-34(2)53-43(35-27-29-39-38-18-9-13-24-48(38)60(49(39)32-35)37-16-6-5-7-17-37)33-45-40-19-10-14-25-50(40)62-56(45)55(53)61(47)57-58-46-22-12-8-21-42(46)54(59-57)36-28-30-52-44(31-36)41-20-11-15-26-51(41)63-52/h3-33H,1H2,2H3/b23-4-. The van der Waals surface area contributed by atoms with E-state index in [0.29, 0.717) is 5.95 Å². The molecule has 0 spiro atoms. The van der Waals surface area contributed by atoms with Gasteiger partial charge in [0.25, 0.3) is 0 Å². The molecule has 8 aromatic carbocycles. The highest BCUT2D eigenvalue weighted by molar-refractivity contribution is 7.25. The molecule has 13 aromatic rings. The molecule has 6 heteroatoms. The summed E-state index contributed by atoms with van der Waals surface area (Å²) in [4.78, 5) is 11.0. The first-order chi connectivity index (χ1) is 31.1. The second-order valence-electron chi connectivity index (χ2n) is 16.2. The quantitative estimate of drug-likeness (QED) is 0.157. The van der Waals surface area contributed by atoms with E-state index in [4.69, 9.17) is 14.4 Å². The van der Waals surface area contributed by atoms with Crippen molar-refractivity contribution in [1.29, 1.82) is 0 Å². The van der Waals surface area contributed by atoms with Crippen LogP contribution >= 0.6 is 11.3 Å². The minimum atomic E-state index is 0.569. The normalized spacial score (nSPS) is 12.2. The van der Waals surface area contributed by atoms with Crippen LogP contribution in [0.2, 0.25) is 0 Å². The van der Waals surface area contributed by atoms with Gasteiger partial charge < -0.3 is 8.98 Å². The lowest BCUT2D eigenvalue weighted by atomic mass is 9.95. The van der Waals surface area contributed by atoms with Crippen LogP contribution in [0.3, 0.4) is 0 Å². The largest absolute Gasteiger partial charge is 0.454 e. The number of para-hydroxylation sites is 4. The van der Waals surface area contributed by atoms with Crippen molar-refractivity contribution in [2.75, 3.05) is 0 Å². The third-order valence-electron chi connectivity index (χ3n) is 12.7. The molecule has 0 bridgehead atoms. The van der Waals surface area contributed by atoms with Crippen LogP contribution in [0.5, 0.6) is 0 Å². The van der Waals surface area contributed by atoms with Gasteiger partial charge in [-0.25, -0.2) is 9.97 Å². The molecule has 0 aliphatic heterocycles. The van der Waals surface area contributed by atoms with Gasteiger partial charge in [-0.2, -0.15) is 0 Å². The Bertz CT molecular complexity index is 4070. The van der Waals surface area contributed by atoms with E-state index in [0.717, 1.165) is 88.6 Å². The second-order valence-corrected chi connectivity index (χ2v) is 17.3. The smallest absolute Gasteiger partial charge is 0.235 e. The maximum atomic E-state index is 6.94. The number of nitrogens with zero attached hydrogens (tertiary/aromatic N) is 4. The van der Waals surface area contributed by atoms with Crippen molar-refractivity contribution < 1.29 is 4.42 Å². The number of benzene rings is 8. The fraction of sp³-hybridized carbons (Fsp3) is 0.0175. The van der Waals surface area contributed by atoms with E-state index in [1.807, 2.05) is 29.6 Å². The van der Waals surface area contributed by atoms with Crippen LogP contribution in [-0.4, -0.2) is 19.1 Å². The Hall–Kier alpha value is -8.06. The van der Waals surface area contributed by atoms with E-state index in [2.05, 4.69) is 193 Å². The Morgan fingerprint density at radius 1 is 0.571 bits per heavy atom. The van der Waals surface area contributed by atoms with Crippen LogP contribution in [0.4, 0.5) is 0 Å². The maximum absolute atomic E-state index is 6.94. The first kappa shape index (κ1) is 35.7. The molecule has 0 N–H and O–H groups in total. The molecule has 5 nitrogen and oxygen atoms in total. The van der Waals surface area contributed by atoms with Crippen molar-refractivity contribution >= 4 is 103 Å². The van der Waals surface area contributed by atoms with E-state index in [-0.39, 0.29) is 0 Å². The topological polar surface area (TPSA) is 48.8 Å². The van der Waals surface area contributed by atoms with Gasteiger partial charge in [0.15, 0.2) is 5.58 Å². The zero-order valence-corrected chi connectivity index (χ0v) is 35.0. The molecule has 13 rings (SSSR count). The molecule has 5 heterocycles. The summed E-state index contributed by atoms with van der Waals surface area (Å²) in [5.41, 5.74) is 13.0. The van der Waals surface area contributed by atoms with Gasteiger partial charge in [-0.15, -0.1) is 11.3 Å². The first-order valence-electron chi connectivity index (χ1n) is 21.2. The van der Waals surface area contributed by atoms with Gasteiger partial charge in [0.1, 0.15) is 11.1 Å². The number of aromatic nitrogens is 4. The molecular formula is C57H36N4OS. The highest BCUT2D eigenvalue weighted by Crippen LogP contribution is 2.46. The van der Waals surface area contributed by atoms with Crippen LogP contribution in [-0.2, 0) is 0 Å². The van der Waals surface area contributed by atoms with E-state index in [1.54, 1.807) is 0 Å². The van der Waals surface area contributed by atoms with E-state index >= 15 is 0 Å². The third kappa shape index (κ3) is 5.28. The zero-order valence-electron chi connectivity index (χ0n) is 34.2. The molecule has 0 fully saturated rings. The molecule has 0 aliphatic carbocycles. The molecule has 63 heavy (non-hydrogen) atoms. The Balaban J connectivity index is 1.14. The minimum absolute atomic E-state index is 0.569. The summed E-state index contributed by atoms with van der Waals surface area (Å²) >= 11 is 1.82. The summed E-state index contributed by atoms with van der Waals surface area (Å²) in [5.74, 6) is 0.569. The third-order valence-corrected chi connectivity index (χ3v) is 13.9.